The largest absolute Gasteiger partial charge is 0.496 e. The Labute approximate surface area is 114 Å². The van der Waals surface area contributed by atoms with Gasteiger partial charge in [-0.15, -0.1) is 0 Å². The van der Waals surface area contributed by atoms with Gasteiger partial charge < -0.3 is 9.47 Å². The van der Waals surface area contributed by atoms with Crippen LogP contribution >= 0.6 is 15.9 Å². The predicted molar refractivity (Wildman–Crippen MR) is 70.8 cm³/mol. The number of hydrogen-bond acceptors (Lipinski definition) is 4. The zero-order chi connectivity index (χ0) is 13.7. The van der Waals surface area contributed by atoms with Crippen LogP contribution in [0.2, 0.25) is 0 Å². The molecule has 0 spiro atoms. The lowest BCUT2D eigenvalue weighted by Crippen LogP contribution is -2.24. The Morgan fingerprint density at radius 1 is 1.33 bits per heavy atom. The van der Waals surface area contributed by atoms with Crippen molar-refractivity contribution < 1.29 is 19.1 Å². The molecule has 0 aromatic heterocycles. The molecule has 0 aliphatic heterocycles. The van der Waals surface area contributed by atoms with Crippen molar-refractivity contribution >= 4 is 27.7 Å². The van der Waals surface area contributed by atoms with Gasteiger partial charge in [-0.3, -0.25) is 9.59 Å². The number of carbonyl (C=O) groups excluding carboxylic acids is 2. The monoisotopic (exact) mass is 314 g/mol. The van der Waals surface area contributed by atoms with Crippen LogP contribution < -0.4 is 4.74 Å². The maximum atomic E-state index is 12.2. The van der Waals surface area contributed by atoms with E-state index in [1.54, 1.807) is 32.2 Å². The van der Waals surface area contributed by atoms with Crippen LogP contribution in [-0.2, 0) is 9.53 Å². The topological polar surface area (TPSA) is 52.6 Å². The van der Waals surface area contributed by atoms with Crippen molar-refractivity contribution in [1.29, 1.82) is 0 Å². The van der Waals surface area contributed by atoms with Crippen LogP contribution in [0, 0.1) is 5.92 Å². The summed E-state index contributed by atoms with van der Waals surface area (Å²) < 4.78 is 10.4. The Morgan fingerprint density at radius 3 is 2.44 bits per heavy atom. The Kier molecular flexibility index (Phi) is 5.34. The van der Waals surface area contributed by atoms with Gasteiger partial charge in [0.15, 0.2) is 5.78 Å². The number of hydrogen-bond donors (Lipinski definition) is 0. The fraction of sp³-hybridized carbons (Fsp3) is 0.385. The van der Waals surface area contributed by atoms with Crippen LogP contribution in [0.15, 0.2) is 22.7 Å². The molecule has 18 heavy (non-hydrogen) atoms. The minimum atomic E-state index is -0.754. The zero-order valence-electron chi connectivity index (χ0n) is 10.5. The van der Waals surface area contributed by atoms with E-state index in [0.29, 0.717) is 22.2 Å². The van der Waals surface area contributed by atoms with Crippen LogP contribution in [0.3, 0.4) is 0 Å². The summed E-state index contributed by atoms with van der Waals surface area (Å²) in [6.07, 6.45) is 0.412. The molecule has 0 radical (unpaired) electrons. The number of methoxy groups -OCH3 is 2. The fourth-order valence-electron chi connectivity index (χ4n) is 1.62. The summed E-state index contributed by atoms with van der Waals surface area (Å²) in [4.78, 5) is 23.7. The molecule has 4 nitrogen and oxygen atoms in total. The highest BCUT2D eigenvalue weighted by molar-refractivity contribution is 9.10. The number of esters is 1. The Bertz CT molecular complexity index is 456. The van der Waals surface area contributed by atoms with E-state index in [-0.39, 0.29) is 5.78 Å². The lowest BCUT2D eigenvalue weighted by Gasteiger charge is -2.12. The van der Waals surface area contributed by atoms with Gasteiger partial charge in [-0.05, 0) is 40.5 Å². The molecule has 1 aromatic carbocycles. The number of carbonyl (C=O) groups is 2. The van der Waals surface area contributed by atoms with Gasteiger partial charge in [0.25, 0.3) is 0 Å². The van der Waals surface area contributed by atoms with Gasteiger partial charge in [-0.25, -0.2) is 0 Å². The van der Waals surface area contributed by atoms with Gasteiger partial charge in [-0.1, -0.05) is 6.92 Å². The van der Waals surface area contributed by atoms with E-state index in [2.05, 4.69) is 20.7 Å². The maximum absolute atomic E-state index is 12.2. The Hall–Kier alpha value is -1.36. The summed E-state index contributed by atoms with van der Waals surface area (Å²) in [6.45, 7) is 1.78. The number of halogens is 1. The third-order valence-corrected chi connectivity index (χ3v) is 3.27. The highest BCUT2D eigenvalue weighted by Crippen LogP contribution is 2.27. The van der Waals surface area contributed by atoms with Crippen molar-refractivity contribution in [2.75, 3.05) is 14.2 Å². The van der Waals surface area contributed by atoms with E-state index >= 15 is 0 Å². The molecule has 5 heteroatoms. The van der Waals surface area contributed by atoms with Gasteiger partial charge in [-0.2, -0.15) is 0 Å². The summed E-state index contributed by atoms with van der Waals surface area (Å²) in [6, 6.07) is 4.96. The molecule has 0 N–H and O–H groups in total. The van der Waals surface area contributed by atoms with Gasteiger partial charge in [0.2, 0.25) is 0 Å². The van der Waals surface area contributed by atoms with E-state index in [4.69, 9.17) is 4.74 Å². The zero-order valence-corrected chi connectivity index (χ0v) is 12.1. The molecular formula is C13H15BrO4. The van der Waals surface area contributed by atoms with Crippen LogP contribution in [0.4, 0.5) is 0 Å². The highest BCUT2D eigenvalue weighted by atomic mass is 79.9. The second-order valence-electron chi connectivity index (χ2n) is 3.70. The SMILES string of the molecule is CCC(C(=O)OC)C(=O)c1ccc(OC)c(Br)c1. The van der Waals surface area contributed by atoms with Gasteiger partial charge in [0, 0.05) is 5.56 Å². The molecule has 1 aromatic rings. The number of benzene rings is 1. The quantitative estimate of drug-likeness (QED) is 0.476. The van der Waals surface area contributed by atoms with Crippen molar-refractivity contribution in [2.45, 2.75) is 13.3 Å². The molecule has 0 aliphatic carbocycles. The lowest BCUT2D eigenvalue weighted by molar-refractivity contribution is -0.143. The predicted octanol–water partition coefficient (Wildman–Crippen LogP) is 2.84. The van der Waals surface area contributed by atoms with E-state index in [1.807, 2.05) is 0 Å². The van der Waals surface area contributed by atoms with E-state index in [1.165, 1.54) is 7.11 Å². The molecule has 0 fully saturated rings. The van der Waals surface area contributed by atoms with Crippen LogP contribution in [0.25, 0.3) is 0 Å². The molecule has 1 rings (SSSR count). The number of ketones is 1. The van der Waals surface area contributed by atoms with Crippen LogP contribution in [-0.4, -0.2) is 26.0 Å². The van der Waals surface area contributed by atoms with Crippen LogP contribution in [0.5, 0.6) is 5.75 Å². The first-order chi connectivity index (χ1) is 8.54. The Morgan fingerprint density at radius 2 is 2.00 bits per heavy atom. The van der Waals surface area contributed by atoms with E-state index in [0.717, 1.165) is 0 Å². The minimum absolute atomic E-state index is 0.243. The van der Waals surface area contributed by atoms with Crippen molar-refractivity contribution in [3.8, 4) is 5.75 Å². The van der Waals surface area contributed by atoms with Crippen LogP contribution in [0.1, 0.15) is 23.7 Å². The standard InChI is InChI=1S/C13H15BrO4/c1-4-9(13(16)18-3)12(15)8-5-6-11(17-2)10(14)7-8/h5-7,9H,4H2,1-3H3. The molecule has 0 aliphatic rings. The third-order valence-electron chi connectivity index (χ3n) is 2.65. The third kappa shape index (κ3) is 3.10. The molecule has 0 amide bonds. The fourth-order valence-corrected chi connectivity index (χ4v) is 2.16. The maximum Gasteiger partial charge on any atom is 0.316 e. The minimum Gasteiger partial charge on any atom is -0.496 e. The second kappa shape index (κ2) is 6.54. The van der Waals surface area contributed by atoms with Gasteiger partial charge in [0.1, 0.15) is 11.7 Å². The summed E-state index contributed by atoms with van der Waals surface area (Å²) in [5.41, 5.74) is 0.458. The second-order valence-corrected chi connectivity index (χ2v) is 4.55. The molecule has 0 saturated heterocycles. The first-order valence-corrected chi connectivity index (χ1v) is 6.30. The Balaban J connectivity index is 3.02. The number of rotatable bonds is 5. The average molecular weight is 315 g/mol. The molecule has 0 heterocycles. The summed E-state index contributed by atoms with van der Waals surface area (Å²) >= 11 is 3.31. The van der Waals surface area contributed by atoms with E-state index in [9.17, 15) is 9.59 Å². The van der Waals surface area contributed by atoms with Crippen molar-refractivity contribution in [2.24, 2.45) is 5.92 Å². The number of ether oxygens (including phenoxy) is 2. The molecule has 0 saturated carbocycles. The summed E-state index contributed by atoms with van der Waals surface area (Å²) in [5.74, 6) is -0.866. The summed E-state index contributed by atoms with van der Waals surface area (Å²) in [7, 11) is 2.83. The first kappa shape index (κ1) is 14.7. The summed E-state index contributed by atoms with van der Waals surface area (Å²) in [5, 5.41) is 0. The first-order valence-electron chi connectivity index (χ1n) is 5.50. The normalized spacial score (nSPS) is 11.8. The van der Waals surface area contributed by atoms with Gasteiger partial charge >= 0.3 is 5.97 Å². The molecule has 1 atom stereocenters. The van der Waals surface area contributed by atoms with Gasteiger partial charge in [0.05, 0.1) is 18.7 Å². The van der Waals surface area contributed by atoms with E-state index < -0.39 is 11.9 Å². The number of Topliss-reactive ketones (excluding diaryl/α,β-unsaturated/α-hetero) is 1. The lowest BCUT2D eigenvalue weighted by atomic mass is 9.95. The van der Waals surface area contributed by atoms with Crippen molar-refractivity contribution in [3.63, 3.8) is 0 Å². The van der Waals surface area contributed by atoms with Crippen molar-refractivity contribution in [3.05, 3.63) is 28.2 Å². The van der Waals surface area contributed by atoms with Crippen molar-refractivity contribution in [1.82, 2.24) is 0 Å². The molecule has 98 valence electrons. The molecule has 1 unspecified atom stereocenters. The smallest absolute Gasteiger partial charge is 0.316 e. The molecular weight excluding hydrogens is 300 g/mol. The average Bonchev–Trinajstić information content (AvgIpc) is 2.38. The highest BCUT2D eigenvalue weighted by Gasteiger charge is 2.26. The molecule has 0 bridgehead atoms.